The van der Waals surface area contributed by atoms with Crippen molar-refractivity contribution in [2.75, 3.05) is 0 Å². The second kappa shape index (κ2) is 5.40. The Morgan fingerprint density at radius 1 is 1.32 bits per heavy atom. The Hall–Kier alpha value is -1.88. The van der Waals surface area contributed by atoms with Crippen LogP contribution in [0, 0.1) is 19.3 Å². The largest absolute Gasteiger partial charge is 0.437 e. The van der Waals surface area contributed by atoms with E-state index in [-0.39, 0.29) is 5.84 Å². The van der Waals surface area contributed by atoms with Crippen molar-refractivity contribution in [3.05, 3.63) is 51.6 Å². The maximum Gasteiger partial charge on any atom is 0.230 e. The Bertz CT molecular complexity index is 641. The third-order valence-electron chi connectivity index (χ3n) is 2.69. The summed E-state index contributed by atoms with van der Waals surface area (Å²) < 4.78 is 6.60. The quantitative estimate of drug-likeness (QED) is 0.671. The van der Waals surface area contributed by atoms with Crippen LogP contribution in [0.15, 0.2) is 34.9 Å². The van der Waals surface area contributed by atoms with E-state index in [0.717, 1.165) is 15.6 Å². The van der Waals surface area contributed by atoms with Gasteiger partial charge in [-0.2, -0.15) is 0 Å². The van der Waals surface area contributed by atoms with Crippen LogP contribution in [0.25, 0.3) is 0 Å². The first-order valence-corrected chi connectivity index (χ1v) is 6.52. The number of amidine groups is 1. The summed E-state index contributed by atoms with van der Waals surface area (Å²) in [6, 6.07) is 7.56. The molecular formula is C14H14BrN3O. The lowest BCUT2D eigenvalue weighted by Gasteiger charge is -2.12. The zero-order valence-corrected chi connectivity index (χ0v) is 12.3. The fraction of sp³-hybridized carbons (Fsp3) is 0.143. The van der Waals surface area contributed by atoms with E-state index in [4.69, 9.17) is 15.9 Å². The molecule has 98 valence electrons. The summed E-state index contributed by atoms with van der Waals surface area (Å²) in [4.78, 5) is 4.16. The number of ether oxygens (including phenoxy) is 1. The average Bonchev–Trinajstić information content (AvgIpc) is 2.32. The van der Waals surface area contributed by atoms with Gasteiger partial charge in [-0.3, -0.25) is 5.41 Å². The van der Waals surface area contributed by atoms with Crippen LogP contribution in [0.3, 0.4) is 0 Å². The number of nitrogens with zero attached hydrogens (tertiary/aromatic N) is 1. The Morgan fingerprint density at radius 3 is 2.68 bits per heavy atom. The van der Waals surface area contributed by atoms with Gasteiger partial charge in [0.2, 0.25) is 5.88 Å². The van der Waals surface area contributed by atoms with Gasteiger partial charge in [-0.25, -0.2) is 4.98 Å². The van der Waals surface area contributed by atoms with Crippen molar-refractivity contribution < 1.29 is 4.74 Å². The van der Waals surface area contributed by atoms with Crippen LogP contribution >= 0.6 is 15.9 Å². The van der Waals surface area contributed by atoms with Crippen LogP contribution in [0.2, 0.25) is 0 Å². The molecule has 0 unspecified atom stereocenters. The van der Waals surface area contributed by atoms with Gasteiger partial charge in [0, 0.05) is 6.20 Å². The van der Waals surface area contributed by atoms with E-state index < -0.39 is 0 Å². The summed E-state index contributed by atoms with van der Waals surface area (Å²) in [5.41, 5.74) is 8.10. The maximum atomic E-state index is 7.62. The lowest BCUT2D eigenvalue weighted by atomic mass is 10.1. The first-order chi connectivity index (χ1) is 8.99. The first kappa shape index (κ1) is 13.5. The fourth-order valence-electron chi connectivity index (χ4n) is 1.73. The second-order valence-corrected chi connectivity index (χ2v) is 5.11. The highest BCUT2D eigenvalue weighted by atomic mass is 79.9. The van der Waals surface area contributed by atoms with Crippen molar-refractivity contribution in [2.45, 2.75) is 13.8 Å². The highest BCUT2D eigenvalue weighted by molar-refractivity contribution is 9.10. The van der Waals surface area contributed by atoms with Crippen molar-refractivity contribution in [1.82, 2.24) is 4.98 Å². The van der Waals surface area contributed by atoms with E-state index in [2.05, 4.69) is 20.9 Å². The van der Waals surface area contributed by atoms with Gasteiger partial charge in [-0.05, 0) is 59.1 Å². The van der Waals surface area contributed by atoms with E-state index in [1.165, 1.54) is 0 Å². The van der Waals surface area contributed by atoms with E-state index in [0.29, 0.717) is 17.2 Å². The van der Waals surface area contributed by atoms with E-state index in [1.807, 2.05) is 32.0 Å². The molecule has 0 radical (unpaired) electrons. The number of aromatic nitrogens is 1. The number of hydrogen-bond acceptors (Lipinski definition) is 3. The van der Waals surface area contributed by atoms with Gasteiger partial charge in [0.1, 0.15) is 11.6 Å². The Kier molecular flexibility index (Phi) is 3.85. The maximum absolute atomic E-state index is 7.62. The molecule has 0 aliphatic carbocycles. The molecule has 19 heavy (non-hydrogen) atoms. The van der Waals surface area contributed by atoms with Crippen molar-refractivity contribution in [3.8, 4) is 11.6 Å². The smallest absolute Gasteiger partial charge is 0.230 e. The summed E-state index contributed by atoms with van der Waals surface area (Å²) in [5, 5.41) is 7.62. The molecule has 1 aromatic carbocycles. The lowest BCUT2D eigenvalue weighted by Crippen LogP contribution is -2.14. The van der Waals surface area contributed by atoms with Gasteiger partial charge in [0.15, 0.2) is 0 Å². The molecule has 0 saturated heterocycles. The summed E-state index contributed by atoms with van der Waals surface area (Å²) >= 11 is 3.45. The predicted octanol–water partition coefficient (Wildman–Crippen LogP) is 3.54. The molecule has 0 aliphatic rings. The van der Waals surface area contributed by atoms with Crippen molar-refractivity contribution in [1.29, 1.82) is 5.41 Å². The number of halogens is 1. The van der Waals surface area contributed by atoms with Crippen molar-refractivity contribution in [2.24, 2.45) is 5.73 Å². The summed E-state index contributed by atoms with van der Waals surface area (Å²) in [5.74, 6) is 0.937. The molecule has 0 saturated carbocycles. The highest BCUT2D eigenvalue weighted by Crippen LogP contribution is 2.31. The summed E-state index contributed by atoms with van der Waals surface area (Å²) in [6.45, 7) is 3.87. The molecule has 4 nitrogen and oxygen atoms in total. The predicted molar refractivity (Wildman–Crippen MR) is 78.9 cm³/mol. The third kappa shape index (κ3) is 2.93. The molecule has 1 heterocycles. The number of benzene rings is 1. The molecule has 0 aliphatic heterocycles. The monoisotopic (exact) mass is 319 g/mol. The van der Waals surface area contributed by atoms with Crippen LogP contribution < -0.4 is 10.5 Å². The number of nitrogens with one attached hydrogen (secondary N) is 1. The number of hydrogen-bond donors (Lipinski definition) is 2. The number of rotatable bonds is 3. The molecule has 0 spiro atoms. The molecule has 2 aromatic rings. The van der Waals surface area contributed by atoms with Crippen LogP contribution in [-0.4, -0.2) is 10.8 Å². The van der Waals surface area contributed by atoms with Crippen LogP contribution in [-0.2, 0) is 0 Å². The topological polar surface area (TPSA) is 72.0 Å². The molecule has 3 N–H and O–H groups in total. The minimum atomic E-state index is -0.0520. The van der Waals surface area contributed by atoms with Gasteiger partial charge in [0.25, 0.3) is 0 Å². The molecule has 1 aromatic heterocycles. The molecule has 2 rings (SSSR count). The molecule has 0 fully saturated rings. The van der Waals surface area contributed by atoms with Crippen LogP contribution in [0.4, 0.5) is 0 Å². The van der Waals surface area contributed by atoms with E-state index >= 15 is 0 Å². The van der Waals surface area contributed by atoms with Gasteiger partial charge in [-0.15, -0.1) is 0 Å². The van der Waals surface area contributed by atoms with E-state index in [1.54, 1.807) is 12.3 Å². The Morgan fingerprint density at radius 2 is 2.05 bits per heavy atom. The lowest BCUT2D eigenvalue weighted by molar-refractivity contribution is 0.458. The first-order valence-electron chi connectivity index (χ1n) is 5.73. The normalized spacial score (nSPS) is 10.3. The number of nitrogens with two attached hydrogens (primary N) is 1. The van der Waals surface area contributed by atoms with Crippen LogP contribution in [0.1, 0.15) is 16.7 Å². The zero-order chi connectivity index (χ0) is 14.0. The zero-order valence-electron chi connectivity index (χ0n) is 10.7. The number of pyridine rings is 1. The summed E-state index contributed by atoms with van der Waals surface area (Å²) in [7, 11) is 0. The molecule has 0 bridgehead atoms. The SMILES string of the molecule is Cc1ccc(Oc2nccc(C)c2C(=N)N)c(Br)c1. The fourth-order valence-corrected chi connectivity index (χ4v) is 2.31. The van der Waals surface area contributed by atoms with Crippen molar-refractivity contribution >= 4 is 21.8 Å². The molecule has 5 heteroatoms. The van der Waals surface area contributed by atoms with Gasteiger partial charge < -0.3 is 10.5 Å². The third-order valence-corrected chi connectivity index (χ3v) is 3.31. The Balaban J connectivity index is 2.44. The Labute approximate surface area is 120 Å². The van der Waals surface area contributed by atoms with E-state index in [9.17, 15) is 0 Å². The minimum Gasteiger partial charge on any atom is -0.437 e. The molecule has 0 atom stereocenters. The number of nitrogen functional groups attached to an aromatic ring is 1. The summed E-state index contributed by atoms with van der Waals surface area (Å²) in [6.07, 6.45) is 1.64. The average molecular weight is 320 g/mol. The van der Waals surface area contributed by atoms with Crippen LogP contribution in [0.5, 0.6) is 11.6 Å². The van der Waals surface area contributed by atoms with Gasteiger partial charge in [-0.1, -0.05) is 6.07 Å². The molecular weight excluding hydrogens is 306 g/mol. The van der Waals surface area contributed by atoms with Gasteiger partial charge in [0.05, 0.1) is 10.0 Å². The number of aryl methyl sites for hydroxylation is 2. The standard InChI is InChI=1S/C14H14BrN3O/c1-8-3-4-11(10(15)7-8)19-14-12(13(16)17)9(2)5-6-18-14/h3-7H,1-2H3,(H3,16,17). The highest BCUT2D eigenvalue weighted by Gasteiger charge is 2.13. The van der Waals surface area contributed by atoms with Crippen molar-refractivity contribution in [3.63, 3.8) is 0 Å². The second-order valence-electron chi connectivity index (χ2n) is 4.26. The molecule has 0 amide bonds. The van der Waals surface area contributed by atoms with Gasteiger partial charge >= 0.3 is 0 Å². The minimum absolute atomic E-state index is 0.0520.